The van der Waals surface area contributed by atoms with Crippen molar-refractivity contribution in [3.63, 3.8) is 0 Å². The van der Waals surface area contributed by atoms with Crippen molar-refractivity contribution in [2.24, 2.45) is 34.8 Å². The number of rotatable bonds is 27. The normalized spacial score (nSPS) is 16.7. The molecule has 10 amide bonds. The molecule has 1 saturated heterocycles. The molecule has 0 saturated carbocycles. The number of nitrogens with one attached hydrogen (secondary N) is 6. The number of hydrogen-bond donors (Lipinski definition) is 11. The molecular formula is C41H65N11O11S. The van der Waals surface area contributed by atoms with Crippen molar-refractivity contribution in [3.8, 4) is 5.75 Å². The molecule has 23 heteroatoms. The second-order valence-electron chi connectivity index (χ2n) is 16.1. The maximum absolute atomic E-state index is 13.9. The van der Waals surface area contributed by atoms with Crippen LogP contribution in [0.15, 0.2) is 24.3 Å². The molecule has 22 nitrogen and oxygen atoms in total. The van der Waals surface area contributed by atoms with Crippen molar-refractivity contribution in [1.82, 2.24) is 36.8 Å². The third-order valence-corrected chi connectivity index (χ3v) is 10.9. The van der Waals surface area contributed by atoms with Gasteiger partial charge in [-0.15, -0.1) is 0 Å². The first kappa shape index (κ1) is 54.2. The number of carbonyl (C=O) groups excluding carboxylic acids is 10. The first-order valence-electron chi connectivity index (χ1n) is 21.1. The predicted octanol–water partition coefficient (Wildman–Crippen LogP) is -3.26. The number of methoxy groups -OCH3 is 1. The molecule has 0 radical (unpaired) electrons. The fourth-order valence-electron chi connectivity index (χ4n) is 6.80. The molecule has 0 aliphatic carbocycles. The van der Waals surface area contributed by atoms with Gasteiger partial charge in [-0.05, 0) is 61.6 Å². The average Bonchev–Trinajstić information content (AvgIpc) is 3.74. The van der Waals surface area contributed by atoms with Crippen LogP contribution in [0, 0.1) is 11.8 Å². The van der Waals surface area contributed by atoms with E-state index in [9.17, 15) is 47.9 Å². The van der Waals surface area contributed by atoms with Crippen LogP contribution in [-0.4, -0.2) is 132 Å². The molecule has 356 valence electrons. The zero-order valence-electron chi connectivity index (χ0n) is 37.0. The fourth-order valence-corrected chi connectivity index (χ4v) is 7.05. The predicted molar refractivity (Wildman–Crippen MR) is 236 cm³/mol. The van der Waals surface area contributed by atoms with Gasteiger partial charge in [0, 0.05) is 18.7 Å². The summed E-state index contributed by atoms with van der Waals surface area (Å²) < 4.78 is 5.16. The maximum Gasteiger partial charge on any atom is 0.246 e. The standard InChI is InChI=1S/C41H65N11O11S/c1-6-22(4)34(51-35(56)25(42)17-23-9-11-24(63-5)12-10-23)40(61)47-26(13-14-31(43)53)37(58)48-28(18-32(44)54)38(59)50-29(20-64)41(62)52-15-7-8-30(52)39(60)49-27(16-21(2)3)36(57)46-19-33(45)55/h9-12,21-22,25-30,34,64H,6-8,13-20,42H2,1-5H3,(H2,43,53)(H2,44,54)(H2,45,55)(H,46,57)(H,47,61)(H,48,58)(H,49,60)(H,50,59)(H,51,56)/t22-,25-,26-,27-,28-,29-,30-,34-/m0/s1. The highest BCUT2D eigenvalue weighted by molar-refractivity contribution is 7.80. The van der Waals surface area contributed by atoms with E-state index in [4.69, 9.17) is 27.7 Å². The van der Waals surface area contributed by atoms with Crippen LogP contribution < -0.4 is 59.6 Å². The molecule has 1 aliphatic heterocycles. The van der Waals surface area contributed by atoms with E-state index in [0.29, 0.717) is 18.6 Å². The Kier molecular flexibility index (Phi) is 22.5. The van der Waals surface area contributed by atoms with Crippen LogP contribution in [-0.2, 0) is 54.4 Å². The lowest BCUT2D eigenvalue weighted by atomic mass is 9.96. The first-order chi connectivity index (χ1) is 30.1. The summed E-state index contributed by atoms with van der Waals surface area (Å²) >= 11 is 4.23. The summed E-state index contributed by atoms with van der Waals surface area (Å²) in [7, 11) is 1.52. The molecule has 64 heavy (non-hydrogen) atoms. The van der Waals surface area contributed by atoms with E-state index in [1.165, 1.54) is 12.0 Å². The van der Waals surface area contributed by atoms with Gasteiger partial charge in [-0.2, -0.15) is 12.6 Å². The summed E-state index contributed by atoms with van der Waals surface area (Å²) in [4.78, 5) is 131. The summed E-state index contributed by atoms with van der Waals surface area (Å²) in [6.07, 6.45) is -0.134. The number of amides is 10. The highest BCUT2D eigenvalue weighted by atomic mass is 32.1. The molecule has 14 N–H and O–H groups in total. The molecule has 0 aromatic heterocycles. The highest BCUT2D eigenvalue weighted by Gasteiger charge is 2.40. The van der Waals surface area contributed by atoms with Crippen molar-refractivity contribution >= 4 is 71.7 Å². The van der Waals surface area contributed by atoms with E-state index >= 15 is 0 Å². The molecule has 1 aliphatic rings. The van der Waals surface area contributed by atoms with E-state index in [2.05, 4.69) is 44.5 Å². The SMILES string of the molecule is CC[C@H](C)[C@H](NC(=O)[C@@H](N)Cc1ccc(OC)cc1)C(=O)N[C@@H](CCC(N)=O)C(=O)N[C@@H](CC(N)=O)C(=O)N[C@@H](CS)C(=O)N1CCC[C@H]1C(=O)N[C@@H](CC(C)C)C(=O)NCC(N)=O. The zero-order valence-corrected chi connectivity index (χ0v) is 37.9. The second-order valence-corrected chi connectivity index (χ2v) is 16.5. The van der Waals surface area contributed by atoms with Gasteiger partial charge in [-0.25, -0.2) is 0 Å². The number of primary amides is 3. The summed E-state index contributed by atoms with van der Waals surface area (Å²) in [5, 5.41) is 15.0. The van der Waals surface area contributed by atoms with E-state index < -0.39 is 127 Å². The quantitative estimate of drug-likeness (QED) is 0.0388. The van der Waals surface area contributed by atoms with Gasteiger partial charge in [0.25, 0.3) is 0 Å². The zero-order chi connectivity index (χ0) is 48.3. The molecule has 1 aromatic carbocycles. The Morgan fingerprint density at radius 2 is 1.38 bits per heavy atom. The third-order valence-electron chi connectivity index (χ3n) is 10.5. The van der Waals surface area contributed by atoms with E-state index in [1.54, 1.807) is 38.1 Å². The van der Waals surface area contributed by atoms with Gasteiger partial charge in [-0.1, -0.05) is 46.2 Å². The number of carbonyl (C=O) groups is 10. The Balaban J connectivity index is 2.26. The molecule has 0 spiro atoms. The van der Waals surface area contributed by atoms with Crippen molar-refractivity contribution in [2.75, 3.05) is 26.0 Å². The molecule has 1 fully saturated rings. The Bertz CT molecular complexity index is 1830. The van der Waals surface area contributed by atoms with Gasteiger partial charge < -0.3 is 64.5 Å². The van der Waals surface area contributed by atoms with Gasteiger partial charge in [0.1, 0.15) is 42.0 Å². The number of likely N-dealkylation sites (tertiary alicyclic amines) is 1. The Labute approximate surface area is 378 Å². The molecule has 0 unspecified atom stereocenters. The van der Waals surface area contributed by atoms with Crippen LogP contribution >= 0.6 is 12.6 Å². The van der Waals surface area contributed by atoms with Crippen molar-refractivity contribution in [1.29, 1.82) is 0 Å². The molecule has 0 bridgehead atoms. The number of thiol groups is 1. The lowest BCUT2D eigenvalue weighted by molar-refractivity contribution is -0.142. The van der Waals surface area contributed by atoms with Gasteiger partial charge in [0.2, 0.25) is 59.1 Å². The van der Waals surface area contributed by atoms with Gasteiger partial charge in [0.15, 0.2) is 0 Å². The Morgan fingerprint density at radius 1 is 0.766 bits per heavy atom. The minimum Gasteiger partial charge on any atom is -0.497 e. The van der Waals surface area contributed by atoms with Crippen LogP contribution in [0.1, 0.15) is 78.2 Å². The van der Waals surface area contributed by atoms with Crippen LogP contribution in [0.3, 0.4) is 0 Å². The lowest BCUT2D eigenvalue weighted by Gasteiger charge is -2.30. The minimum absolute atomic E-state index is 0.0474. The fraction of sp³-hybridized carbons (Fsp3) is 0.610. The third kappa shape index (κ3) is 17.7. The second kappa shape index (κ2) is 26.6. The van der Waals surface area contributed by atoms with Crippen molar-refractivity contribution in [3.05, 3.63) is 29.8 Å². The van der Waals surface area contributed by atoms with Crippen LogP contribution in [0.2, 0.25) is 0 Å². The largest absolute Gasteiger partial charge is 0.497 e. The minimum atomic E-state index is -1.71. The monoisotopic (exact) mass is 919 g/mol. The molecule has 8 atom stereocenters. The summed E-state index contributed by atoms with van der Waals surface area (Å²) in [6.45, 7) is 6.79. The van der Waals surface area contributed by atoms with E-state index in [-0.39, 0.29) is 43.9 Å². The van der Waals surface area contributed by atoms with Gasteiger partial charge in [0.05, 0.1) is 26.1 Å². The van der Waals surface area contributed by atoms with Crippen LogP contribution in [0.25, 0.3) is 0 Å². The highest BCUT2D eigenvalue weighted by Crippen LogP contribution is 2.20. The summed E-state index contributed by atoms with van der Waals surface area (Å²) in [5.41, 5.74) is 22.9. The number of nitrogens with two attached hydrogens (primary N) is 4. The molecule has 2 rings (SSSR count). The number of ether oxygens (including phenoxy) is 1. The Hall–Kier alpha value is -5.97. The van der Waals surface area contributed by atoms with E-state index in [0.717, 1.165) is 5.56 Å². The molecular weight excluding hydrogens is 855 g/mol. The molecule has 1 heterocycles. The van der Waals surface area contributed by atoms with Crippen LogP contribution in [0.5, 0.6) is 5.75 Å². The lowest BCUT2D eigenvalue weighted by Crippen LogP contribution is -2.61. The number of nitrogens with zero attached hydrogens (tertiary/aromatic N) is 1. The molecule has 1 aromatic rings. The van der Waals surface area contributed by atoms with E-state index in [1.807, 2.05) is 13.8 Å². The number of hydrogen-bond acceptors (Lipinski definition) is 13. The Morgan fingerprint density at radius 3 is 1.92 bits per heavy atom. The smallest absolute Gasteiger partial charge is 0.246 e. The van der Waals surface area contributed by atoms with Crippen molar-refractivity contribution < 1.29 is 52.7 Å². The summed E-state index contributed by atoms with van der Waals surface area (Å²) in [5.74, 6) is -8.37. The van der Waals surface area contributed by atoms with Crippen LogP contribution in [0.4, 0.5) is 0 Å². The topological polar surface area (TPSA) is 359 Å². The van der Waals surface area contributed by atoms with Crippen molar-refractivity contribution in [2.45, 2.75) is 121 Å². The summed E-state index contributed by atoms with van der Waals surface area (Å²) in [6, 6.07) is -2.07. The van der Waals surface area contributed by atoms with Gasteiger partial charge >= 0.3 is 0 Å². The first-order valence-corrected chi connectivity index (χ1v) is 21.7. The average molecular weight is 920 g/mol. The van der Waals surface area contributed by atoms with Gasteiger partial charge in [-0.3, -0.25) is 47.9 Å². The maximum atomic E-state index is 13.9. The number of benzene rings is 1.